The van der Waals surface area contributed by atoms with E-state index in [1.54, 1.807) is 0 Å². The van der Waals surface area contributed by atoms with Crippen LogP contribution in [0.3, 0.4) is 0 Å². The van der Waals surface area contributed by atoms with Crippen molar-refractivity contribution in [1.29, 1.82) is 0 Å². The largest absolute Gasteiger partial charge is 0.492 e. The number of nitrogens with zero attached hydrogens (tertiary/aromatic N) is 1. The maximum atomic E-state index is 5.87. The van der Waals surface area contributed by atoms with Crippen LogP contribution in [0, 0.1) is 6.92 Å². The highest BCUT2D eigenvalue weighted by Gasteiger charge is 2.30. The first-order valence-corrected chi connectivity index (χ1v) is 7.98. The van der Waals surface area contributed by atoms with Gasteiger partial charge in [-0.15, -0.1) is 0 Å². The van der Waals surface area contributed by atoms with Crippen LogP contribution < -0.4 is 10.1 Å². The molecule has 0 amide bonds. The van der Waals surface area contributed by atoms with Crippen molar-refractivity contribution in [2.75, 3.05) is 26.2 Å². The van der Waals surface area contributed by atoms with E-state index in [1.807, 2.05) is 0 Å². The van der Waals surface area contributed by atoms with Gasteiger partial charge in [-0.05, 0) is 51.3 Å². The monoisotopic (exact) mass is 274 g/mol. The second-order valence-electron chi connectivity index (χ2n) is 6.18. The standard InChI is InChI=1S/C17H26N2O/c1-14-4-8-17(9-5-14)20-12-11-19(16-6-7-16)13-15-3-2-10-18-15/h4-5,8-9,15-16,18H,2-3,6-7,10-13H2,1H3. The predicted molar refractivity (Wildman–Crippen MR) is 82.3 cm³/mol. The van der Waals surface area contributed by atoms with Gasteiger partial charge in [-0.3, -0.25) is 4.90 Å². The minimum Gasteiger partial charge on any atom is -0.492 e. The third-order valence-electron chi connectivity index (χ3n) is 4.35. The van der Waals surface area contributed by atoms with Crippen molar-refractivity contribution < 1.29 is 4.74 Å². The van der Waals surface area contributed by atoms with Gasteiger partial charge >= 0.3 is 0 Å². The highest BCUT2D eigenvalue weighted by Crippen LogP contribution is 2.27. The van der Waals surface area contributed by atoms with Gasteiger partial charge in [0.05, 0.1) is 0 Å². The normalized spacial score (nSPS) is 22.4. The van der Waals surface area contributed by atoms with Gasteiger partial charge in [0.25, 0.3) is 0 Å². The summed E-state index contributed by atoms with van der Waals surface area (Å²) in [6, 6.07) is 9.87. The van der Waals surface area contributed by atoms with E-state index in [0.717, 1.165) is 24.9 Å². The van der Waals surface area contributed by atoms with E-state index in [4.69, 9.17) is 4.74 Å². The Labute approximate surface area is 122 Å². The summed E-state index contributed by atoms with van der Waals surface area (Å²) in [4.78, 5) is 2.62. The molecule has 3 nitrogen and oxygen atoms in total. The van der Waals surface area contributed by atoms with Crippen molar-refractivity contribution in [2.45, 2.75) is 44.7 Å². The fraction of sp³-hybridized carbons (Fsp3) is 0.647. The summed E-state index contributed by atoms with van der Waals surface area (Å²) in [6.45, 7) is 6.35. The van der Waals surface area contributed by atoms with Crippen molar-refractivity contribution in [3.8, 4) is 5.75 Å². The van der Waals surface area contributed by atoms with Crippen LogP contribution in [0.5, 0.6) is 5.75 Å². The van der Waals surface area contributed by atoms with Gasteiger partial charge in [0.2, 0.25) is 0 Å². The molecule has 1 unspecified atom stereocenters. The van der Waals surface area contributed by atoms with E-state index < -0.39 is 0 Å². The molecule has 1 aromatic rings. The van der Waals surface area contributed by atoms with Crippen LogP contribution in [0.15, 0.2) is 24.3 Å². The molecular formula is C17H26N2O. The van der Waals surface area contributed by atoms with Gasteiger partial charge in [0.15, 0.2) is 0 Å². The first kappa shape index (κ1) is 13.9. The number of hydrogen-bond donors (Lipinski definition) is 1. The summed E-state index contributed by atoms with van der Waals surface area (Å²) in [5, 5.41) is 3.60. The Morgan fingerprint density at radius 1 is 1.20 bits per heavy atom. The Hall–Kier alpha value is -1.06. The third-order valence-corrected chi connectivity index (χ3v) is 4.35. The number of hydrogen-bond acceptors (Lipinski definition) is 3. The molecule has 1 atom stereocenters. The molecule has 1 aromatic carbocycles. The fourth-order valence-electron chi connectivity index (χ4n) is 2.97. The van der Waals surface area contributed by atoms with Crippen LogP contribution in [-0.2, 0) is 0 Å². The van der Waals surface area contributed by atoms with Crippen LogP contribution in [0.2, 0.25) is 0 Å². The molecule has 20 heavy (non-hydrogen) atoms. The second-order valence-corrected chi connectivity index (χ2v) is 6.18. The molecule has 2 fully saturated rings. The maximum Gasteiger partial charge on any atom is 0.119 e. The lowest BCUT2D eigenvalue weighted by molar-refractivity contribution is 0.189. The number of benzene rings is 1. The Bertz CT molecular complexity index is 408. The summed E-state index contributed by atoms with van der Waals surface area (Å²) in [7, 11) is 0. The highest BCUT2D eigenvalue weighted by molar-refractivity contribution is 5.26. The number of nitrogens with one attached hydrogen (secondary N) is 1. The molecule has 0 spiro atoms. The van der Waals surface area contributed by atoms with E-state index in [0.29, 0.717) is 6.04 Å². The fourth-order valence-corrected chi connectivity index (χ4v) is 2.97. The predicted octanol–water partition coefficient (Wildman–Crippen LogP) is 2.59. The Morgan fingerprint density at radius 2 is 2.00 bits per heavy atom. The Kier molecular flexibility index (Phi) is 4.58. The van der Waals surface area contributed by atoms with E-state index in [-0.39, 0.29) is 0 Å². The van der Waals surface area contributed by atoms with Gasteiger partial charge in [0, 0.05) is 25.2 Å². The van der Waals surface area contributed by atoms with Crippen molar-refractivity contribution in [3.63, 3.8) is 0 Å². The molecule has 1 saturated heterocycles. The van der Waals surface area contributed by atoms with Crippen molar-refractivity contribution in [1.82, 2.24) is 10.2 Å². The average Bonchev–Trinajstić information content (AvgIpc) is 3.18. The second kappa shape index (κ2) is 6.59. The van der Waals surface area contributed by atoms with E-state index in [1.165, 1.54) is 44.3 Å². The molecule has 0 aromatic heterocycles. The molecule has 1 saturated carbocycles. The van der Waals surface area contributed by atoms with Gasteiger partial charge in [-0.25, -0.2) is 0 Å². The van der Waals surface area contributed by atoms with Gasteiger partial charge < -0.3 is 10.1 Å². The van der Waals surface area contributed by atoms with Gasteiger partial charge in [-0.1, -0.05) is 17.7 Å². The molecular weight excluding hydrogens is 248 g/mol. The molecule has 1 aliphatic carbocycles. The first-order chi connectivity index (χ1) is 9.81. The van der Waals surface area contributed by atoms with Crippen LogP contribution >= 0.6 is 0 Å². The lowest BCUT2D eigenvalue weighted by Crippen LogP contribution is -2.40. The molecule has 0 bridgehead atoms. The molecule has 2 aliphatic rings. The summed E-state index contributed by atoms with van der Waals surface area (Å²) >= 11 is 0. The Balaban J connectivity index is 1.43. The zero-order chi connectivity index (χ0) is 13.8. The summed E-state index contributed by atoms with van der Waals surface area (Å²) in [5.74, 6) is 0.991. The van der Waals surface area contributed by atoms with Crippen molar-refractivity contribution in [3.05, 3.63) is 29.8 Å². The van der Waals surface area contributed by atoms with Gasteiger partial charge in [0.1, 0.15) is 12.4 Å². The number of rotatable bonds is 7. The summed E-state index contributed by atoms with van der Waals surface area (Å²) < 4.78 is 5.87. The van der Waals surface area contributed by atoms with Crippen molar-refractivity contribution in [2.24, 2.45) is 0 Å². The highest BCUT2D eigenvalue weighted by atomic mass is 16.5. The third kappa shape index (κ3) is 3.97. The smallest absolute Gasteiger partial charge is 0.119 e. The SMILES string of the molecule is Cc1ccc(OCCN(CC2CCCN2)C2CC2)cc1. The molecule has 0 radical (unpaired) electrons. The number of ether oxygens (including phenoxy) is 1. The van der Waals surface area contributed by atoms with Crippen LogP contribution in [0.1, 0.15) is 31.2 Å². The van der Waals surface area contributed by atoms with E-state index in [2.05, 4.69) is 41.4 Å². The molecule has 1 heterocycles. The molecule has 110 valence electrons. The zero-order valence-electron chi connectivity index (χ0n) is 12.5. The zero-order valence-corrected chi connectivity index (χ0v) is 12.5. The minimum atomic E-state index is 0.704. The van der Waals surface area contributed by atoms with E-state index >= 15 is 0 Å². The lowest BCUT2D eigenvalue weighted by Gasteiger charge is -2.25. The van der Waals surface area contributed by atoms with Crippen LogP contribution in [0.4, 0.5) is 0 Å². The number of aryl methyl sites for hydroxylation is 1. The topological polar surface area (TPSA) is 24.5 Å². The van der Waals surface area contributed by atoms with Crippen LogP contribution in [0.25, 0.3) is 0 Å². The molecule has 1 aliphatic heterocycles. The first-order valence-electron chi connectivity index (χ1n) is 7.98. The maximum absolute atomic E-state index is 5.87. The quantitative estimate of drug-likeness (QED) is 0.827. The average molecular weight is 274 g/mol. The van der Waals surface area contributed by atoms with Crippen molar-refractivity contribution >= 4 is 0 Å². The molecule has 3 rings (SSSR count). The lowest BCUT2D eigenvalue weighted by atomic mass is 10.2. The van der Waals surface area contributed by atoms with E-state index in [9.17, 15) is 0 Å². The molecule has 3 heteroatoms. The van der Waals surface area contributed by atoms with Crippen LogP contribution in [-0.4, -0.2) is 43.2 Å². The van der Waals surface area contributed by atoms with Gasteiger partial charge in [-0.2, -0.15) is 0 Å². The minimum absolute atomic E-state index is 0.704. The summed E-state index contributed by atoms with van der Waals surface area (Å²) in [5.41, 5.74) is 1.28. The summed E-state index contributed by atoms with van der Waals surface area (Å²) in [6.07, 6.45) is 5.42. The molecule has 1 N–H and O–H groups in total. The Morgan fingerprint density at radius 3 is 2.65 bits per heavy atom.